The van der Waals surface area contributed by atoms with Crippen molar-refractivity contribution >= 4 is 44.7 Å². The SMILES string of the molecule is CCC(=O)Nc1c(-c2cccs2)cccc1S(=O)(=O)N[C@@H](CCCc1ccc(N)nc1)C(=O)N1CCC(CC)CC1. The molecule has 1 fully saturated rings. The fraction of sp³-hybridized carbons (Fsp3) is 0.433. The maximum absolute atomic E-state index is 14.0. The molecular weight excluding hydrogens is 558 g/mol. The normalized spacial score (nSPS) is 15.0. The lowest BCUT2D eigenvalue weighted by atomic mass is 9.94. The van der Waals surface area contributed by atoms with Crippen molar-refractivity contribution in [1.29, 1.82) is 0 Å². The number of pyridine rings is 1. The van der Waals surface area contributed by atoms with Crippen molar-refractivity contribution < 1.29 is 18.0 Å². The molecule has 0 aliphatic carbocycles. The van der Waals surface area contributed by atoms with Crippen molar-refractivity contribution in [2.24, 2.45) is 5.92 Å². The van der Waals surface area contributed by atoms with Crippen molar-refractivity contribution in [3.05, 3.63) is 59.6 Å². The summed E-state index contributed by atoms with van der Waals surface area (Å²) >= 11 is 1.45. The smallest absolute Gasteiger partial charge is 0.243 e. The van der Waals surface area contributed by atoms with Gasteiger partial charge in [-0.15, -0.1) is 11.3 Å². The highest BCUT2D eigenvalue weighted by Gasteiger charge is 2.33. The van der Waals surface area contributed by atoms with Gasteiger partial charge in [0.2, 0.25) is 21.8 Å². The molecule has 11 heteroatoms. The lowest BCUT2D eigenvalue weighted by Crippen LogP contribution is -2.50. The van der Waals surface area contributed by atoms with Crippen molar-refractivity contribution in [2.75, 3.05) is 24.1 Å². The monoisotopic (exact) mass is 597 g/mol. The van der Waals surface area contributed by atoms with E-state index in [0.717, 1.165) is 29.7 Å². The Labute approximate surface area is 246 Å². The number of hydrogen-bond donors (Lipinski definition) is 3. The van der Waals surface area contributed by atoms with E-state index in [0.29, 0.717) is 49.7 Å². The van der Waals surface area contributed by atoms with E-state index in [9.17, 15) is 18.0 Å². The third-order valence-electron chi connectivity index (χ3n) is 7.59. The maximum Gasteiger partial charge on any atom is 0.243 e. The van der Waals surface area contributed by atoms with Crippen molar-refractivity contribution in [3.63, 3.8) is 0 Å². The summed E-state index contributed by atoms with van der Waals surface area (Å²) in [5.74, 6) is 0.499. The van der Waals surface area contributed by atoms with Crippen LogP contribution in [0.15, 0.2) is 58.9 Å². The minimum atomic E-state index is -4.19. The van der Waals surface area contributed by atoms with Gasteiger partial charge in [-0.05, 0) is 67.2 Å². The molecule has 1 aliphatic rings. The molecule has 1 aliphatic heterocycles. The molecule has 9 nitrogen and oxygen atoms in total. The fourth-order valence-corrected chi connectivity index (χ4v) is 7.27. The average Bonchev–Trinajstić information content (AvgIpc) is 3.52. The van der Waals surface area contributed by atoms with Gasteiger partial charge in [-0.25, -0.2) is 13.4 Å². The van der Waals surface area contributed by atoms with Gasteiger partial charge in [-0.2, -0.15) is 4.72 Å². The van der Waals surface area contributed by atoms with Crippen LogP contribution in [0.1, 0.15) is 57.9 Å². The van der Waals surface area contributed by atoms with Crippen molar-refractivity contribution in [1.82, 2.24) is 14.6 Å². The molecule has 2 aromatic heterocycles. The van der Waals surface area contributed by atoms with Crippen LogP contribution in [0.2, 0.25) is 0 Å². The number of rotatable bonds is 12. The van der Waals surface area contributed by atoms with Gasteiger partial charge in [0.05, 0.1) is 5.69 Å². The van der Waals surface area contributed by atoms with Gasteiger partial charge in [0.25, 0.3) is 0 Å². The molecule has 220 valence electrons. The number of piperidine rings is 1. The number of sulfonamides is 1. The zero-order chi connectivity index (χ0) is 29.4. The van der Waals surface area contributed by atoms with Crippen LogP contribution >= 0.6 is 11.3 Å². The summed E-state index contributed by atoms with van der Waals surface area (Å²) < 4.78 is 30.6. The summed E-state index contributed by atoms with van der Waals surface area (Å²) in [6.07, 6.45) is 6.31. The number of aryl methyl sites for hydroxylation is 1. The van der Waals surface area contributed by atoms with E-state index < -0.39 is 16.1 Å². The minimum absolute atomic E-state index is 0.0598. The highest BCUT2D eigenvalue weighted by Crippen LogP contribution is 2.36. The van der Waals surface area contributed by atoms with Crippen molar-refractivity contribution in [3.8, 4) is 10.4 Å². The van der Waals surface area contributed by atoms with Gasteiger partial charge in [0.15, 0.2) is 0 Å². The Balaban J connectivity index is 1.62. The third kappa shape index (κ3) is 7.93. The Morgan fingerprint density at radius 2 is 1.90 bits per heavy atom. The Hall–Kier alpha value is -3.28. The minimum Gasteiger partial charge on any atom is -0.384 e. The predicted octanol–water partition coefficient (Wildman–Crippen LogP) is 5.06. The second kappa shape index (κ2) is 14.1. The number of nitrogen functional groups attached to an aromatic ring is 1. The second-order valence-corrected chi connectivity index (χ2v) is 13.0. The van der Waals surface area contributed by atoms with Gasteiger partial charge in [0, 0.05) is 36.1 Å². The number of nitrogens with one attached hydrogen (secondary N) is 2. The average molecular weight is 598 g/mol. The number of hydrogen-bond acceptors (Lipinski definition) is 7. The maximum atomic E-state index is 14.0. The summed E-state index contributed by atoms with van der Waals surface area (Å²) in [5, 5.41) is 4.70. The Morgan fingerprint density at radius 3 is 2.54 bits per heavy atom. The fourth-order valence-electron chi connectivity index (χ4n) is 5.11. The number of benzene rings is 1. The van der Waals surface area contributed by atoms with Crippen LogP contribution in [0.25, 0.3) is 10.4 Å². The van der Waals surface area contributed by atoms with Crippen LogP contribution in [0.5, 0.6) is 0 Å². The van der Waals surface area contributed by atoms with Crippen LogP contribution in [0, 0.1) is 5.92 Å². The molecule has 4 rings (SSSR count). The largest absolute Gasteiger partial charge is 0.384 e. The summed E-state index contributed by atoms with van der Waals surface area (Å²) in [5.41, 5.74) is 7.50. The highest BCUT2D eigenvalue weighted by atomic mass is 32.2. The lowest BCUT2D eigenvalue weighted by Gasteiger charge is -2.34. The number of anilines is 2. The molecule has 41 heavy (non-hydrogen) atoms. The van der Waals surface area contributed by atoms with Crippen molar-refractivity contribution in [2.45, 2.75) is 69.7 Å². The molecule has 0 spiro atoms. The van der Waals surface area contributed by atoms with Crippen LogP contribution in [0.3, 0.4) is 0 Å². The first-order valence-electron chi connectivity index (χ1n) is 14.2. The van der Waals surface area contributed by atoms with E-state index in [2.05, 4.69) is 21.9 Å². The molecule has 0 radical (unpaired) electrons. The van der Waals surface area contributed by atoms with E-state index in [-0.39, 0.29) is 28.8 Å². The second-order valence-electron chi connectivity index (χ2n) is 10.4. The zero-order valence-corrected chi connectivity index (χ0v) is 25.3. The molecule has 1 aromatic carbocycles. The summed E-state index contributed by atoms with van der Waals surface area (Å²) in [6, 6.07) is 11.3. The summed E-state index contributed by atoms with van der Waals surface area (Å²) in [4.78, 5) is 32.9. The first-order chi connectivity index (χ1) is 19.7. The molecule has 2 amide bonds. The molecular formula is C30H39N5O4S2. The van der Waals surface area contributed by atoms with E-state index in [1.165, 1.54) is 17.4 Å². The van der Waals surface area contributed by atoms with Gasteiger partial charge < -0.3 is 16.0 Å². The van der Waals surface area contributed by atoms with Gasteiger partial charge in [-0.3, -0.25) is 9.59 Å². The number of para-hydroxylation sites is 1. The zero-order valence-electron chi connectivity index (χ0n) is 23.6. The third-order valence-corrected chi connectivity index (χ3v) is 10.0. The molecule has 0 unspecified atom stereocenters. The lowest BCUT2D eigenvalue weighted by molar-refractivity contribution is -0.134. The Kier molecular flexibility index (Phi) is 10.5. The Morgan fingerprint density at radius 1 is 1.12 bits per heavy atom. The Bertz CT molecular complexity index is 1420. The molecule has 0 saturated carbocycles. The number of thiophene rings is 1. The van der Waals surface area contributed by atoms with Gasteiger partial charge >= 0.3 is 0 Å². The first kappa shape index (κ1) is 30.7. The number of nitrogens with zero attached hydrogens (tertiary/aromatic N) is 2. The van der Waals surface area contributed by atoms with Gasteiger partial charge in [0.1, 0.15) is 16.8 Å². The van der Waals surface area contributed by atoms with E-state index in [4.69, 9.17) is 5.73 Å². The number of nitrogens with two attached hydrogens (primary N) is 1. The predicted molar refractivity (Wildman–Crippen MR) is 164 cm³/mol. The van der Waals surface area contributed by atoms with E-state index in [1.54, 1.807) is 36.2 Å². The van der Waals surface area contributed by atoms with Crippen LogP contribution in [-0.2, 0) is 26.0 Å². The van der Waals surface area contributed by atoms with Crippen LogP contribution in [0.4, 0.5) is 11.5 Å². The molecule has 3 heterocycles. The molecule has 3 aromatic rings. The highest BCUT2D eigenvalue weighted by molar-refractivity contribution is 7.89. The number of aromatic nitrogens is 1. The first-order valence-corrected chi connectivity index (χ1v) is 16.6. The number of carbonyl (C=O) groups excluding carboxylic acids is 2. The standard InChI is InChI=1S/C30H39N5O4S2/c1-3-21-15-17-35(18-16-21)30(37)24(10-5-8-22-13-14-27(31)32-20-22)34-41(38,39)26-12-6-9-23(25-11-7-19-40-25)29(26)33-28(36)4-2/h6-7,9,11-14,19-21,24,34H,3-5,8,10,15-18H2,1-2H3,(H2,31,32)(H,33,36)/t24-/m0/s1. The quantitative estimate of drug-likeness (QED) is 0.267. The summed E-state index contributed by atoms with van der Waals surface area (Å²) in [7, 11) is -4.19. The van der Waals surface area contributed by atoms with Gasteiger partial charge in [-0.1, -0.05) is 44.5 Å². The van der Waals surface area contributed by atoms with Crippen LogP contribution in [-0.4, -0.2) is 49.2 Å². The number of carbonyl (C=O) groups is 2. The molecule has 0 bridgehead atoms. The number of amides is 2. The molecule has 1 atom stereocenters. The van der Waals surface area contributed by atoms with E-state index in [1.807, 2.05) is 23.6 Å². The molecule has 4 N–H and O–H groups in total. The van der Waals surface area contributed by atoms with E-state index >= 15 is 0 Å². The molecule has 1 saturated heterocycles. The number of likely N-dealkylation sites (tertiary alicyclic amines) is 1. The summed E-state index contributed by atoms with van der Waals surface area (Å²) in [6.45, 7) is 5.10. The topological polar surface area (TPSA) is 134 Å². The van der Waals surface area contributed by atoms with Crippen LogP contribution < -0.4 is 15.8 Å².